The molecular formula is C12H9FINO. The highest BCUT2D eigenvalue weighted by Crippen LogP contribution is 2.08. The van der Waals surface area contributed by atoms with Crippen molar-refractivity contribution >= 4 is 22.6 Å². The lowest BCUT2D eigenvalue weighted by Crippen LogP contribution is -2.20. The lowest BCUT2D eigenvalue weighted by molar-refractivity contribution is 0.588. The topological polar surface area (TPSA) is 22.0 Å². The molecule has 1 aromatic carbocycles. The molecule has 0 radical (unpaired) electrons. The molecule has 2 nitrogen and oxygen atoms in total. The smallest absolute Gasteiger partial charge is 0.252 e. The van der Waals surface area contributed by atoms with E-state index < -0.39 is 0 Å². The van der Waals surface area contributed by atoms with Crippen LogP contribution < -0.4 is 5.56 Å². The largest absolute Gasteiger partial charge is 0.308 e. The van der Waals surface area contributed by atoms with Gasteiger partial charge in [-0.3, -0.25) is 4.79 Å². The van der Waals surface area contributed by atoms with Gasteiger partial charge in [-0.1, -0.05) is 30.3 Å². The second-order valence-corrected chi connectivity index (χ2v) is 4.58. The Hall–Kier alpha value is -1.17. The third-order valence-electron chi connectivity index (χ3n) is 2.23. The third kappa shape index (κ3) is 2.49. The number of nitrogens with zero attached hydrogens (tertiary/aromatic N) is 1. The van der Waals surface area contributed by atoms with E-state index >= 15 is 0 Å². The lowest BCUT2D eigenvalue weighted by atomic mass is 10.2. The van der Waals surface area contributed by atoms with E-state index in [4.69, 9.17) is 0 Å². The molecule has 1 heterocycles. The molecule has 0 fully saturated rings. The van der Waals surface area contributed by atoms with Crippen LogP contribution in [0.1, 0.15) is 5.56 Å². The van der Waals surface area contributed by atoms with Crippen LogP contribution >= 0.6 is 22.6 Å². The molecule has 0 N–H and O–H groups in total. The maximum absolute atomic E-state index is 13.3. The molecule has 0 unspecified atom stereocenters. The van der Waals surface area contributed by atoms with Crippen molar-refractivity contribution in [3.8, 4) is 0 Å². The normalized spacial score (nSPS) is 10.4. The highest BCUT2D eigenvalue weighted by atomic mass is 127. The minimum Gasteiger partial charge on any atom is -0.308 e. The van der Waals surface area contributed by atoms with Gasteiger partial charge in [-0.2, -0.15) is 0 Å². The summed E-state index contributed by atoms with van der Waals surface area (Å²) in [6, 6.07) is 10.8. The fraction of sp³-hybridized carbons (Fsp3) is 0.0833. The SMILES string of the molecule is O=c1cc(I)c(F)cn1Cc1ccccc1. The monoisotopic (exact) mass is 329 g/mol. The van der Waals surface area contributed by atoms with Gasteiger partial charge in [0.2, 0.25) is 0 Å². The summed E-state index contributed by atoms with van der Waals surface area (Å²) in [5, 5.41) is 0. The molecular weight excluding hydrogens is 320 g/mol. The van der Waals surface area contributed by atoms with Crippen LogP contribution in [-0.2, 0) is 6.54 Å². The summed E-state index contributed by atoms with van der Waals surface area (Å²) in [5.74, 6) is -0.365. The fourth-order valence-corrected chi connectivity index (χ4v) is 1.83. The second-order valence-electron chi connectivity index (χ2n) is 3.42. The van der Waals surface area contributed by atoms with Crippen molar-refractivity contribution in [2.75, 3.05) is 0 Å². The van der Waals surface area contributed by atoms with Crippen molar-refractivity contribution in [3.05, 3.63) is 67.9 Å². The second kappa shape index (κ2) is 4.78. The number of aromatic nitrogens is 1. The van der Waals surface area contributed by atoms with Crippen LogP contribution in [0.15, 0.2) is 47.4 Å². The lowest BCUT2D eigenvalue weighted by Gasteiger charge is -2.06. The first-order valence-electron chi connectivity index (χ1n) is 4.76. The molecule has 4 heteroatoms. The van der Waals surface area contributed by atoms with E-state index in [1.165, 1.54) is 16.8 Å². The van der Waals surface area contributed by atoms with E-state index in [-0.39, 0.29) is 11.4 Å². The summed E-state index contributed by atoms with van der Waals surface area (Å²) in [4.78, 5) is 11.6. The first-order valence-corrected chi connectivity index (χ1v) is 5.84. The molecule has 0 aliphatic rings. The summed E-state index contributed by atoms with van der Waals surface area (Å²) in [5.41, 5.74) is 0.792. The Morgan fingerprint density at radius 2 is 1.94 bits per heavy atom. The maximum atomic E-state index is 13.3. The quantitative estimate of drug-likeness (QED) is 0.777. The van der Waals surface area contributed by atoms with Crippen LogP contribution in [0, 0.1) is 9.39 Å². The summed E-state index contributed by atoms with van der Waals surface area (Å²) in [7, 11) is 0. The number of benzene rings is 1. The number of hydrogen-bond donors (Lipinski definition) is 0. The molecule has 0 saturated carbocycles. The number of pyridine rings is 1. The van der Waals surface area contributed by atoms with Crippen LogP contribution in [0.5, 0.6) is 0 Å². The van der Waals surface area contributed by atoms with E-state index in [2.05, 4.69) is 0 Å². The van der Waals surface area contributed by atoms with Crippen LogP contribution in [0.2, 0.25) is 0 Å². The van der Waals surface area contributed by atoms with Crippen molar-refractivity contribution < 1.29 is 4.39 Å². The van der Waals surface area contributed by atoms with E-state index in [9.17, 15) is 9.18 Å². The van der Waals surface area contributed by atoms with E-state index in [0.717, 1.165) is 5.56 Å². The number of rotatable bonds is 2. The minimum absolute atomic E-state index is 0.186. The van der Waals surface area contributed by atoms with Gasteiger partial charge in [0.25, 0.3) is 5.56 Å². The Morgan fingerprint density at radius 1 is 1.25 bits per heavy atom. The standard InChI is InChI=1S/C12H9FINO/c13-10-8-15(12(16)6-11(10)14)7-9-4-2-1-3-5-9/h1-6,8H,7H2. The van der Waals surface area contributed by atoms with Crippen LogP contribution in [0.3, 0.4) is 0 Å². The van der Waals surface area contributed by atoms with Gasteiger partial charge in [-0.15, -0.1) is 0 Å². The predicted octanol–water partition coefficient (Wildman–Crippen LogP) is 2.64. The molecule has 0 saturated heterocycles. The Kier molecular flexibility index (Phi) is 3.38. The van der Waals surface area contributed by atoms with Gasteiger partial charge in [-0.25, -0.2) is 4.39 Å². The van der Waals surface area contributed by atoms with Crippen molar-refractivity contribution in [3.63, 3.8) is 0 Å². The first-order chi connectivity index (χ1) is 7.66. The highest BCUT2D eigenvalue weighted by Gasteiger charge is 2.04. The molecule has 0 aliphatic heterocycles. The predicted molar refractivity (Wildman–Crippen MR) is 68.9 cm³/mol. The van der Waals surface area contributed by atoms with Crippen molar-refractivity contribution in [2.45, 2.75) is 6.54 Å². The van der Waals surface area contributed by atoms with Gasteiger partial charge in [-0.05, 0) is 28.2 Å². The number of hydrogen-bond acceptors (Lipinski definition) is 1. The Morgan fingerprint density at radius 3 is 2.62 bits per heavy atom. The van der Waals surface area contributed by atoms with Gasteiger partial charge in [0.1, 0.15) is 0 Å². The molecule has 82 valence electrons. The van der Waals surface area contributed by atoms with Crippen LogP contribution in [0.4, 0.5) is 4.39 Å². The first kappa shape index (κ1) is 11.3. The summed E-state index contributed by atoms with van der Waals surface area (Å²) in [6.45, 7) is 0.396. The zero-order valence-corrected chi connectivity index (χ0v) is 10.5. The van der Waals surface area contributed by atoms with Gasteiger partial charge in [0, 0.05) is 12.3 Å². The van der Waals surface area contributed by atoms with Crippen molar-refractivity contribution in [1.29, 1.82) is 0 Å². The zero-order chi connectivity index (χ0) is 11.5. The van der Waals surface area contributed by atoms with Gasteiger partial charge in [0.05, 0.1) is 10.1 Å². The molecule has 2 rings (SSSR count). The Bertz CT molecular complexity index is 551. The summed E-state index contributed by atoms with van der Waals surface area (Å²) < 4.78 is 15.0. The summed E-state index contributed by atoms with van der Waals surface area (Å²) >= 11 is 1.81. The zero-order valence-electron chi connectivity index (χ0n) is 8.36. The van der Waals surface area contributed by atoms with Crippen LogP contribution in [-0.4, -0.2) is 4.57 Å². The third-order valence-corrected chi connectivity index (χ3v) is 3.05. The minimum atomic E-state index is -0.365. The molecule has 1 aromatic heterocycles. The molecule has 2 aromatic rings. The van der Waals surface area contributed by atoms with Crippen molar-refractivity contribution in [2.24, 2.45) is 0 Å². The van der Waals surface area contributed by atoms with E-state index in [1.54, 1.807) is 0 Å². The molecule has 0 bridgehead atoms. The molecule has 16 heavy (non-hydrogen) atoms. The Labute approximate surface area is 106 Å². The molecule has 0 atom stereocenters. The average molecular weight is 329 g/mol. The van der Waals surface area contributed by atoms with E-state index in [1.807, 2.05) is 52.9 Å². The van der Waals surface area contributed by atoms with Gasteiger partial charge >= 0.3 is 0 Å². The molecule has 0 aliphatic carbocycles. The maximum Gasteiger partial charge on any atom is 0.252 e. The van der Waals surface area contributed by atoms with Gasteiger partial charge < -0.3 is 4.57 Å². The van der Waals surface area contributed by atoms with Crippen molar-refractivity contribution in [1.82, 2.24) is 4.57 Å². The Balaban J connectivity index is 2.36. The van der Waals surface area contributed by atoms with Crippen LogP contribution in [0.25, 0.3) is 0 Å². The van der Waals surface area contributed by atoms with E-state index in [0.29, 0.717) is 10.1 Å². The molecule has 0 amide bonds. The molecule has 0 spiro atoms. The van der Waals surface area contributed by atoms with Gasteiger partial charge in [0.15, 0.2) is 5.82 Å². The number of halogens is 2. The average Bonchev–Trinajstić information content (AvgIpc) is 2.27. The highest BCUT2D eigenvalue weighted by molar-refractivity contribution is 14.1. The summed E-state index contributed by atoms with van der Waals surface area (Å²) in [6.07, 6.45) is 1.25. The fourth-order valence-electron chi connectivity index (χ4n) is 1.43.